The van der Waals surface area contributed by atoms with Gasteiger partial charge in [-0.25, -0.2) is 13.1 Å². The molecule has 1 unspecified atom stereocenters. The first-order chi connectivity index (χ1) is 18.5. The van der Waals surface area contributed by atoms with Gasteiger partial charge in [-0.2, -0.15) is 0 Å². The molecule has 1 saturated heterocycles. The molecule has 10 heteroatoms. The first kappa shape index (κ1) is 28.4. The van der Waals surface area contributed by atoms with E-state index in [1.165, 1.54) is 0 Å². The third-order valence-electron chi connectivity index (χ3n) is 8.61. The molecule has 3 aliphatic rings. The molecule has 210 valence electrons. The number of hydrogen-bond acceptors (Lipinski definition) is 4. The Balaban J connectivity index is 1.65. The minimum absolute atomic E-state index is 0.106. The van der Waals surface area contributed by atoms with Crippen molar-refractivity contribution in [3.8, 4) is 0 Å². The van der Waals surface area contributed by atoms with E-state index in [9.17, 15) is 23.1 Å². The van der Waals surface area contributed by atoms with Crippen LogP contribution >= 0.6 is 23.2 Å². The molecule has 0 aromatic heterocycles. The number of halogens is 2. The lowest BCUT2D eigenvalue weighted by atomic mass is 9.64. The Hall–Kier alpha value is -2.13. The number of aliphatic carboxylic acids is 1. The highest BCUT2D eigenvalue weighted by Gasteiger charge is 2.56. The lowest BCUT2D eigenvalue weighted by Crippen LogP contribution is -2.59. The number of carboxylic acid groups (broad SMARTS) is 1. The summed E-state index contributed by atoms with van der Waals surface area (Å²) in [6.45, 7) is 1.97. The van der Waals surface area contributed by atoms with Gasteiger partial charge in [-0.1, -0.05) is 54.4 Å². The average molecular weight is 594 g/mol. The number of carbonyl (C=O) groups is 2. The van der Waals surface area contributed by atoms with E-state index in [1.54, 1.807) is 18.2 Å². The predicted molar refractivity (Wildman–Crippen MR) is 151 cm³/mol. The van der Waals surface area contributed by atoms with Gasteiger partial charge in [0.1, 0.15) is 0 Å². The Kier molecular flexibility index (Phi) is 8.04. The molecule has 0 radical (unpaired) electrons. The lowest BCUT2D eigenvalue weighted by molar-refractivity contribution is -0.162. The fourth-order valence-electron chi connectivity index (χ4n) is 6.19. The van der Waals surface area contributed by atoms with E-state index >= 15 is 0 Å². The number of hydrogen-bond donors (Lipinski definition) is 2. The molecule has 2 aromatic carbocycles. The molecule has 1 aliphatic heterocycles. The van der Waals surface area contributed by atoms with Crippen LogP contribution in [-0.4, -0.2) is 48.1 Å². The Morgan fingerprint density at radius 3 is 2.33 bits per heavy atom. The van der Waals surface area contributed by atoms with Crippen LogP contribution < -0.4 is 4.72 Å². The Labute approximate surface area is 239 Å². The molecule has 4 atom stereocenters. The summed E-state index contributed by atoms with van der Waals surface area (Å²) >= 11 is 12.7. The van der Waals surface area contributed by atoms with Crippen molar-refractivity contribution in [2.75, 3.05) is 6.54 Å². The normalized spacial score (nSPS) is 26.4. The maximum absolute atomic E-state index is 14.6. The molecule has 0 spiro atoms. The van der Waals surface area contributed by atoms with Gasteiger partial charge in [0.05, 0.1) is 23.1 Å². The molecule has 2 aliphatic carbocycles. The second-order valence-electron chi connectivity index (χ2n) is 11.3. The monoisotopic (exact) mass is 592 g/mol. The summed E-state index contributed by atoms with van der Waals surface area (Å²) in [6, 6.07) is 14.0. The van der Waals surface area contributed by atoms with Crippen LogP contribution in [0, 0.1) is 11.3 Å². The minimum atomic E-state index is -3.47. The van der Waals surface area contributed by atoms with Crippen LogP contribution in [0.5, 0.6) is 0 Å². The van der Waals surface area contributed by atoms with Crippen LogP contribution in [0.4, 0.5) is 0 Å². The van der Waals surface area contributed by atoms with Crippen LogP contribution in [0.25, 0.3) is 0 Å². The van der Waals surface area contributed by atoms with E-state index in [0.29, 0.717) is 35.7 Å². The topological polar surface area (TPSA) is 104 Å². The maximum Gasteiger partial charge on any atom is 0.304 e. The van der Waals surface area contributed by atoms with Crippen molar-refractivity contribution in [3.63, 3.8) is 0 Å². The van der Waals surface area contributed by atoms with Crippen LogP contribution in [0.1, 0.15) is 75.0 Å². The van der Waals surface area contributed by atoms with Crippen LogP contribution in [0.3, 0.4) is 0 Å². The number of amides is 1. The molecule has 2 aromatic rings. The van der Waals surface area contributed by atoms with E-state index in [0.717, 1.165) is 24.0 Å². The largest absolute Gasteiger partial charge is 0.481 e. The molecular formula is C29H34Cl2N2O5S. The molecular weight excluding hydrogens is 559 g/mol. The zero-order chi connectivity index (χ0) is 27.9. The Morgan fingerprint density at radius 1 is 1.08 bits per heavy atom. The summed E-state index contributed by atoms with van der Waals surface area (Å²) in [4.78, 5) is 28.5. The number of rotatable bonds is 11. The van der Waals surface area contributed by atoms with Gasteiger partial charge >= 0.3 is 5.97 Å². The van der Waals surface area contributed by atoms with Gasteiger partial charge in [-0.05, 0) is 79.8 Å². The maximum atomic E-state index is 14.6. The van der Waals surface area contributed by atoms with Gasteiger partial charge in [-0.3, -0.25) is 9.59 Å². The average Bonchev–Trinajstić information content (AvgIpc) is 3.80. The lowest BCUT2D eigenvalue weighted by Gasteiger charge is -2.53. The Bertz CT molecular complexity index is 1340. The van der Waals surface area contributed by atoms with Gasteiger partial charge < -0.3 is 10.0 Å². The number of sulfonamides is 1. The number of carbonyl (C=O) groups excluding carboxylic acids is 1. The van der Waals surface area contributed by atoms with Crippen molar-refractivity contribution in [2.24, 2.45) is 11.3 Å². The first-order valence-corrected chi connectivity index (χ1v) is 15.9. The number of piperidine rings is 1. The standard InChI is InChI=1S/C29H34Cl2N2O5S/c1-2-29(16-26(34)35)15-24(20-4-3-5-22(31)14-20)27(19-8-10-21(30)11-9-19)33(28(29)36)25(18-6-7-18)17-32-39(37,38)23-12-13-23/h3-5,8-11,14,18,23-25,27,32H,2,6-7,12-13,15-17H2,1H3,(H,34,35)/t24-,25?,27-,29-/m1/s1. The SMILES string of the molecule is CC[C@]1(CC(=O)O)C[C@H](c2cccc(Cl)c2)[C@@H](c2ccc(Cl)cc2)N(C(CNS(=O)(=O)C2CC2)C2CC2)C1=O. The van der Waals surface area contributed by atoms with E-state index in [4.69, 9.17) is 23.2 Å². The molecule has 1 amide bonds. The van der Waals surface area contributed by atoms with Crippen molar-refractivity contribution in [1.82, 2.24) is 9.62 Å². The van der Waals surface area contributed by atoms with Crippen molar-refractivity contribution >= 4 is 45.1 Å². The smallest absolute Gasteiger partial charge is 0.304 e. The highest BCUT2D eigenvalue weighted by atomic mass is 35.5. The van der Waals surface area contributed by atoms with E-state index in [2.05, 4.69) is 4.72 Å². The summed E-state index contributed by atoms with van der Waals surface area (Å²) in [5.41, 5.74) is 0.647. The van der Waals surface area contributed by atoms with E-state index in [1.807, 2.05) is 42.2 Å². The van der Waals surface area contributed by atoms with Gasteiger partial charge in [-0.15, -0.1) is 0 Å². The third-order valence-corrected chi connectivity index (χ3v) is 11.0. The van der Waals surface area contributed by atoms with Crippen LogP contribution in [0.15, 0.2) is 48.5 Å². The summed E-state index contributed by atoms with van der Waals surface area (Å²) < 4.78 is 28.5. The molecule has 7 nitrogen and oxygen atoms in total. The molecule has 0 bridgehead atoms. The van der Waals surface area contributed by atoms with Crippen molar-refractivity contribution in [2.45, 2.75) is 75.1 Å². The number of nitrogens with zero attached hydrogens (tertiary/aromatic N) is 1. The number of benzene rings is 2. The van der Waals surface area contributed by atoms with Crippen LogP contribution in [-0.2, 0) is 19.6 Å². The number of carboxylic acids is 1. The predicted octanol–water partition coefficient (Wildman–Crippen LogP) is 5.78. The quantitative estimate of drug-likeness (QED) is 0.344. The van der Waals surface area contributed by atoms with Gasteiger partial charge in [0, 0.05) is 28.5 Å². The minimum Gasteiger partial charge on any atom is -0.481 e. The van der Waals surface area contributed by atoms with Crippen LogP contribution in [0.2, 0.25) is 10.0 Å². The number of nitrogens with one attached hydrogen (secondary N) is 1. The second kappa shape index (κ2) is 11.0. The molecule has 2 N–H and O–H groups in total. The van der Waals surface area contributed by atoms with E-state index < -0.39 is 33.5 Å². The third kappa shape index (κ3) is 5.99. The van der Waals surface area contributed by atoms with Crippen molar-refractivity contribution in [3.05, 3.63) is 69.7 Å². The van der Waals surface area contributed by atoms with Crippen molar-refractivity contribution < 1.29 is 23.1 Å². The van der Waals surface area contributed by atoms with Crippen molar-refractivity contribution in [1.29, 1.82) is 0 Å². The van der Waals surface area contributed by atoms with Gasteiger partial charge in [0.15, 0.2) is 0 Å². The zero-order valence-corrected chi connectivity index (χ0v) is 24.2. The molecule has 5 rings (SSSR count). The fourth-order valence-corrected chi connectivity index (χ4v) is 7.91. The summed E-state index contributed by atoms with van der Waals surface area (Å²) in [5.74, 6) is -1.39. The first-order valence-electron chi connectivity index (χ1n) is 13.6. The Morgan fingerprint density at radius 2 is 1.77 bits per heavy atom. The second-order valence-corrected chi connectivity index (χ2v) is 14.2. The highest BCUT2D eigenvalue weighted by Crippen LogP contribution is 2.55. The summed E-state index contributed by atoms with van der Waals surface area (Å²) in [6.07, 6.45) is 3.45. The fraction of sp³-hybridized carbons (Fsp3) is 0.517. The van der Waals surface area contributed by atoms with E-state index in [-0.39, 0.29) is 36.0 Å². The zero-order valence-electron chi connectivity index (χ0n) is 21.9. The molecule has 1 heterocycles. The van der Waals surface area contributed by atoms with Gasteiger partial charge in [0.2, 0.25) is 15.9 Å². The van der Waals surface area contributed by atoms with Gasteiger partial charge in [0.25, 0.3) is 0 Å². The highest BCUT2D eigenvalue weighted by molar-refractivity contribution is 7.90. The molecule has 3 fully saturated rings. The molecule has 2 saturated carbocycles. The molecule has 39 heavy (non-hydrogen) atoms. The summed E-state index contributed by atoms with van der Waals surface area (Å²) in [7, 11) is -3.47. The summed E-state index contributed by atoms with van der Waals surface area (Å²) in [5, 5.41) is 10.7. The number of likely N-dealkylation sites (tertiary alicyclic amines) is 1.